The summed E-state index contributed by atoms with van der Waals surface area (Å²) in [5.74, 6) is -0.327. The normalized spacial score (nSPS) is 13.6. The maximum Gasteiger partial charge on any atom is 0.222 e. The van der Waals surface area contributed by atoms with Gasteiger partial charge in [-0.05, 0) is 70.6 Å². The molecule has 0 aliphatic carbocycles. The zero-order chi connectivity index (χ0) is 47.2. The minimum absolute atomic E-state index is 0.00312. The molecule has 0 aliphatic rings. The summed E-state index contributed by atoms with van der Waals surface area (Å²) < 4.78 is 0. The van der Waals surface area contributed by atoms with E-state index >= 15 is 0 Å². The van der Waals surface area contributed by atoms with E-state index in [-0.39, 0.29) is 18.9 Å². The Morgan fingerprint density at radius 2 is 0.662 bits per heavy atom. The van der Waals surface area contributed by atoms with E-state index in [1.165, 1.54) is 238 Å². The van der Waals surface area contributed by atoms with Crippen molar-refractivity contribution in [3.63, 3.8) is 0 Å². The number of aliphatic hydroxyl groups excluding tert-OH is 3. The first-order chi connectivity index (χ1) is 32.0. The molecule has 0 fully saturated rings. The van der Waals surface area contributed by atoms with E-state index in [2.05, 4.69) is 55.6 Å². The van der Waals surface area contributed by atoms with Gasteiger partial charge in [-0.2, -0.15) is 0 Å². The predicted octanol–water partition coefficient (Wildman–Crippen LogP) is 18.0. The highest BCUT2D eigenvalue weighted by molar-refractivity contribution is 5.76. The van der Waals surface area contributed by atoms with Gasteiger partial charge in [-0.3, -0.25) is 4.79 Å². The molecular weight excluding hydrogens is 799 g/mol. The van der Waals surface area contributed by atoms with Crippen molar-refractivity contribution < 1.29 is 20.1 Å². The van der Waals surface area contributed by atoms with Crippen LogP contribution in [0.25, 0.3) is 0 Å². The van der Waals surface area contributed by atoms with Crippen LogP contribution in [-0.4, -0.2) is 46.1 Å². The van der Waals surface area contributed by atoms with Crippen LogP contribution >= 0.6 is 0 Å². The quantitative estimate of drug-likeness (QED) is 0.0361. The Hall–Kier alpha value is -1.69. The van der Waals surface area contributed by atoms with Crippen molar-refractivity contribution in [2.75, 3.05) is 6.61 Å². The number of aliphatic hydroxyl groups is 3. The number of amides is 1. The van der Waals surface area contributed by atoms with Crippen molar-refractivity contribution >= 4 is 5.91 Å². The number of hydrogen-bond acceptors (Lipinski definition) is 4. The van der Waals surface area contributed by atoms with Gasteiger partial charge < -0.3 is 20.6 Å². The third-order valence-corrected chi connectivity index (χ3v) is 13.3. The fraction of sp³-hybridized carbons (Fsp3) is 0.850. The number of carbonyl (C=O) groups excluding carboxylic acids is 1. The Morgan fingerprint density at radius 1 is 0.385 bits per heavy atom. The molecule has 0 aromatic rings. The van der Waals surface area contributed by atoms with Crippen LogP contribution in [0.1, 0.15) is 303 Å². The van der Waals surface area contributed by atoms with Crippen molar-refractivity contribution in [2.45, 2.75) is 321 Å². The summed E-state index contributed by atoms with van der Waals surface area (Å²) in [5.41, 5.74) is 0. The van der Waals surface area contributed by atoms with Crippen LogP contribution in [-0.2, 0) is 4.79 Å². The Bertz CT molecular complexity index is 1050. The minimum Gasteiger partial charge on any atom is -0.394 e. The van der Waals surface area contributed by atoms with Gasteiger partial charge in [0.25, 0.3) is 0 Å². The first-order valence-electron chi connectivity index (χ1n) is 28.9. The molecule has 0 aromatic carbocycles. The number of rotatable bonds is 53. The van der Waals surface area contributed by atoms with Crippen LogP contribution in [0.2, 0.25) is 0 Å². The SMILES string of the molecule is CCCCCCC/C=C/CC/C=C/CC/C=C/C(O)C(CO)NC(=O)CC(O)CCCCCCCCCCCCCCCCC/C=C\CCCCCCCCCCCCCCCCCC. The monoisotopic (exact) mass is 912 g/mol. The number of unbranched alkanes of at least 4 members (excludes halogenated alkanes) is 38. The summed E-state index contributed by atoms with van der Waals surface area (Å²) in [4.78, 5) is 12.5. The first-order valence-corrected chi connectivity index (χ1v) is 28.9. The second kappa shape index (κ2) is 54.9. The van der Waals surface area contributed by atoms with Crippen molar-refractivity contribution in [2.24, 2.45) is 0 Å². The summed E-state index contributed by atoms with van der Waals surface area (Å²) in [5, 5.41) is 33.3. The van der Waals surface area contributed by atoms with E-state index in [9.17, 15) is 20.1 Å². The van der Waals surface area contributed by atoms with Gasteiger partial charge in [0, 0.05) is 0 Å². The molecule has 65 heavy (non-hydrogen) atoms. The molecule has 0 bridgehead atoms. The molecule has 382 valence electrons. The fourth-order valence-electron chi connectivity index (χ4n) is 8.90. The summed E-state index contributed by atoms with van der Waals surface area (Å²) in [6.45, 7) is 4.20. The van der Waals surface area contributed by atoms with Crippen molar-refractivity contribution in [1.82, 2.24) is 5.32 Å². The topological polar surface area (TPSA) is 89.8 Å². The molecule has 0 saturated carbocycles. The van der Waals surface area contributed by atoms with E-state index in [0.29, 0.717) is 6.42 Å². The van der Waals surface area contributed by atoms with Crippen LogP contribution in [0, 0.1) is 0 Å². The molecule has 0 spiro atoms. The van der Waals surface area contributed by atoms with Crippen molar-refractivity contribution in [1.29, 1.82) is 0 Å². The molecule has 4 N–H and O–H groups in total. The molecule has 1 amide bonds. The van der Waals surface area contributed by atoms with Gasteiger partial charge in [-0.1, -0.05) is 274 Å². The molecule has 0 heterocycles. The zero-order valence-electron chi connectivity index (χ0n) is 43.6. The summed E-state index contributed by atoms with van der Waals surface area (Å²) in [6, 6.07) is -0.768. The predicted molar refractivity (Wildman–Crippen MR) is 287 cm³/mol. The highest BCUT2D eigenvalue weighted by Crippen LogP contribution is 2.17. The van der Waals surface area contributed by atoms with Gasteiger partial charge in [-0.15, -0.1) is 0 Å². The number of hydrogen-bond donors (Lipinski definition) is 4. The molecule has 5 nitrogen and oxygen atoms in total. The third kappa shape index (κ3) is 51.5. The summed E-state index contributed by atoms with van der Waals surface area (Å²) in [7, 11) is 0. The Morgan fingerprint density at radius 3 is 0.985 bits per heavy atom. The molecule has 3 atom stereocenters. The Kier molecular flexibility index (Phi) is 53.5. The van der Waals surface area contributed by atoms with Crippen LogP contribution in [0.5, 0.6) is 0 Å². The average molecular weight is 913 g/mol. The van der Waals surface area contributed by atoms with Crippen LogP contribution in [0.15, 0.2) is 48.6 Å². The maximum atomic E-state index is 12.5. The smallest absolute Gasteiger partial charge is 0.222 e. The van der Waals surface area contributed by atoms with Crippen LogP contribution in [0.4, 0.5) is 0 Å². The molecule has 0 rings (SSSR count). The lowest BCUT2D eigenvalue weighted by Crippen LogP contribution is -2.45. The van der Waals surface area contributed by atoms with Gasteiger partial charge in [0.15, 0.2) is 0 Å². The number of nitrogens with one attached hydrogen (secondary N) is 1. The van der Waals surface area contributed by atoms with E-state index in [0.717, 1.165) is 38.5 Å². The molecule has 0 aromatic heterocycles. The lowest BCUT2D eigenvalue weighted by Gasteiger charge is -2.21. The largest absolute Gasteiger partial charge is 0.394 e. The average Bonchev–Trinajstić information content (AvgIpc) is 3.30. The minimum atomic E-state index is -0.960. The Labute approximate surface area is 406 Å². The molecule has 5 heteroatoms. The second-order valence-electron chi connectivity index (χ2n) is 19.9. The van der Waals surface area contributed by atoms with E-state index in [4.69, 9.17) is 0 Å². The molecule has 0 aliphatic heterocycles. The highest BCUT2D eigenvalue weighted by Gasteiger charge is 2.20. The summed E-state index contributed by atoms with van der Waals surface area (Å²) in [6.07, 6.45) is 73.2. The van der Waals surface area contributed by atoms with Gasteiger partial charge in [0.05, 0.1) is 31.3 Å². The number of allylic oxidation sites excluding steroid dienone is 7. The van der Waals surface area contributed by atoms with Crippen molar-refractivity contribution in [3.05, 3.63) is 48.6 Å². The van der Waals surface area contributed by atoms with Crippen molar-refractivity contribution in [3.8, 4) is 0 Å². The molecule has 0 saturated heterocycles. The van der Waals surface area contributed by atoms with Gasteiger partial charge in [-0.25, -0.2) is 0 Å². The van der Waals surface area contributed by atoms with Gasteiger partial charge in [0.2, 0.25) is 5.91 Å². The number of carbonyl (C=O) groups is 1. The first kappa shape index (κ1) is 63.3. The van der Waals surface area contributed by atoms with E-state index in [1.807, 2.05) is 6.08 Å². The molecule has 3 unspecified atom stereocenters. The van der Waals surface area contributed by atoms with E-state index in [1.54, 1.807) is 6.08 Å². The standard InChI is InChI=1S/C60H113NO4/c1-3-5-7-9-11-13-15-17-19-20-21-22-23-24-25-26-27-28-29-30-31-32-33-34-35-36-37-38-40-41-43-45-47-49-51-53-57(63)55-60(65)61-58(56-62)59(64)54-52-50-48-46-44-42-39-18-16-14-12-10-8-6-4-2/h16,18,28-29,44,46,52,54,57-59,62-64H,3-15,17,19-27,30-43,45,47-51,53,55-56H2,1-2H3,(H,61,65)/b18-16+,29-28-,46-44+,54-52+. The summed E-state index contributed by atoms with van der Waals surface area (Å²) >= 11 is 0. The third-order valence-electron chi connectivity index (χ3n) is 13.3. The molecular formula is C60H113NO4. The second-order valence-corrected chi connectivity index (χ2v) is 19.9. The fourth-order valence-corrected chi connectivity index (χ4v) is 8.90. The Balaban J connectivity index is 3.51. The van der Waals surface area contributed by atoms with E-state index < -0.39 is 18.2 Å². The maximum absolute atomic E-state index is 12.5. The lowest BCUT2D eigenvalue weighted by atomic mass is 10.0. The van der Waals surface area contributed by atoms with Gasteiger partial charge in [0.1, 0.15) is 0 Å². The van der Waals surface area contributed by atoms with Gasteiger partial charge >= 0.3 is 0 Å². The highest BCUT2D eigenvalue weighted by atomic mass is 16.3. The van der Waals surface area contributed by atoms with Crippen LogP contribution in [0.3, 0.4) is 0 Å². The zero-order valence-corrected chi connectivity index (χ0v) is 43.6. The molecule has 0 radical (unpaired) electrons. The lowest BCUT2D eigenvalue weighted by molar-refractivity contribution is -0.124. The van der Waals surface area contributed by atoms with Crippen LogP contribution < -0.4 is 5.32 Å².